The Morgan fingerprint density at radius 1 is 1.25 bits per heavy atom. The molecule has 0 N–H and O–H groups in total. The summed E-state index contributed by atoms with van der Waals surface area (Å²) in [6.07, 6.45) is 13.0. The summed E-state index contributed by atoms with van der Waals surface area (Å²) in [5.74, 6) is 0.594. The van der Waals surface area contributed by atoms with Crippen molar-refractivity contribution in [1.82, 2.24) is 9.55 Å². The van der Waals surface area contributed by atoms with Crippen molar-refractivity contribution < 1.29 is 9.47 Å². The predicted octanol–water partition coefficient (Wildman–Crippen LogP) is 4.02. The summed E-state index contributed by atoms with van der Waals surface area (Å²) >= 11 is 0. The molecule has 2 aromatic rings. The van der Waals surface area contributed by atoms with Gasteiger partial charge in [-0.25, -0.2) is 9.98 Å². The lowest BCUT2D eigenvalue weighted by atomic mass is 10.0. The Morgan fingerprint density at radius 2 is 2.21 bits per heavy atom. The minimum absolute atomic E-state index is 0.377. The Kier molecular flexibility index (Phi) is 5.66. The molecule has 5 heteroatoms. The number of aromatic nitrogens is 2. The first-order valence-corrected chi connectivity index (χ1v) is 8.43. The maximum absolute atomic E-state index is 5.41. The molecule has 0 aliphatic carbocycles. The molecule has 1 aromatic heterocycles. The van der Waals surface area contributed by atoms with Crippen LogP contribution in [0.15, 0.2) is 54.4 Å². The molecule has 0 atom stereocenters. The van der Waals surface area contributed by atoms with Crippen LogP contribution in [0.3, 0.4) is 0 Å². The van der Waals surface area contributed by atoms with Crippen molar-refractivity contribution in [2.24, 2.45) is 4.99 Å². The highest BCUT2D eigenvalue weighted by Gasteiger charge is 2.08. The van der Waals surface area contributed by atoms with Crippen molar-refractivity contribution >= 4 is 11.6 Å². The molecule has 0 radical (unpaired) electrons. The van der Waals surface area contributed by atoms with Gasteiger partial charge in [-0.05, 0) is 36.5 Å². The lowest BCUT2D eigenvalue weighted by Crippen LogP contribution is -2.12. The fraction of sp³-hybridized carbons (Fsp3) is 0.368. The van der Waals surface area contributed by atoms with Crippen molar-refractivity contribution in [2.45, 2.75) is 39.2 Å². The Balaban J connectivity index is 1.74. The van der Waals surface area contributed by atoms with E-state index in [2.05, 4.69) is 39.7 Å². The van der Waals surface area contributed by atoms with Crippen LogP contribution >= 0.6 is 0 Å². The van der Waals surface area contributed by atoms with Crippen molar-refractivity contribution in [2.75, 3.05) is 6.61 Å². The standard InChI is InChI=1S/C19H23N3O2/c1-2-4-16-6-7-18(21-19-14-23-11-12-24-19)17(13-16)5-3-9-22-10-8-20-15-22/h6-8,10-13,15H,2-5,9,14H2,1H3. The predicted molar refractivity (Wildman–Crippen MR) is 94.3 cm³/mol. The number of imidazole rings is 1. The van der Waals surface area contributed by atoms with Crippen LogP contribution in [0.25, 0.3) is 0 Å². The Morgan fingerprint density at radius 3 is 2.96 bits per heavy atom. The van der Waals surface area contributed by atoms with Gasteiger partial charge in [-0.3, -0.25) is 0 Å². The van der Waals surface area contributed by atoms with E-state index in [1.807, 2.05) is 18.7 Å². The fourth-order valence-corrected chi connectivity index (χ4v) is 2.76. The summed E-state index contributed by atoms with van der Waals surface area (Å²) < 4.78 is 12.8. The number of hydrogen-bond donors (Lipinski definition) is 0. The van der Waals surface area contributed by atoms with E-state index in [0.717, 1.165) is 37.9 Å². The van der Waals surface area contributed by atoms with Gasteiger partial charge >= 0.3 is 0 Å². The number of aliphatic imine (C=N–C) groups is 1. The average molecular weight is 325 g/mol. The highest BCUT2D eigenvalue weighted by atomic mass is 16.6. The molecule has 0 saturated heterocycles. The summed E-state index contributed by atoms with van der Waals surface area (Å²) in [5, 5.41) is 0. The highest BCUT2D eigenvalue weighted by Crippen LogP contribution is 2.24. The SMILES string of the molecule is CCCc1ccc(N=C2COC=CO2)c(CCCn2ccnc2)c1. The monoisotopic (exact) mass is 325 g/mol. The molecule has 1 aliphatic rings. The van der Waals surface area contributed by atoms with Gasteiger partial charge in [-0.2, -0.15) is 0 Å². The summed E-state index contributed by atoms with van der Waals surface area (Å²) in [4.78, 5) is 8.72. The van der Waals surface area contributed by atoms with Crippen LogP contribution in [0.4, 0.5) is 5.69 Å². The molecule has 0 saturated carbocycles. The van der Waals surface area contributed by atoms with Crippen LogP contribution in [-0.4, -0.2) is 22.1 Å². The third-order valence-electron chi connectivity index (χ3n) is 3.91. The van der Waals surface area contributed by atoms with E-state index in [0.29, 0.717) is 12.5 Å². The van der Waals surface area contributed by atoms with E-state index in [4.69, 9.17) is 9.47 Å². The summed E-state index contributed by atoms with van der Waals surface area (Å²) in [6, 6.07) is 6.52. The topological polar surface area (TPSA) is 48.6 Å². The van der Waals surface area contributed by atoms with Crippen LogP contribution < -0.4 is 0 Å². The zero-order chi connectivity index (χ0) is 16.6. The van der Waals surface area contributed by atoms with E-state index >= 15 is 0 Å². The molecule has 2 heterocycles. The second-order valence-electron chi connectivity index (χ2n) is 5.82. The Hall–Kier alpha value is -2.56. The molecule has 1 aromatic carbocycles. The van der Waals surface area contributed by atoms with Crippen LogP contribution in [0.2, 0.25) is 0 Å². The smallest absolute Gasteiger partial charge is 0.232 e. The molecule has 5 nitrogen and oxygen atoms in total. The van der Waals surface area contributed by atoms with Gasteiger partial charge in [0.2, 0.25) is 5.90 Å². The molecule has 0 spiro atoms. The normalized spacial score (nSPS) is 15.3. The molecule has 0 amide bonds. The summed E-state index contributed by atoms with van der Waals surface area (Å²) in [7, 11) is 0. The highest BCUT2D eigenvalue weighted by molar-refractivity contribution is 5.82. The largest absolute Gasteiger partial charge is 0.488 e. The molecular formula is C19H23N3O2. The van der Waals surface area contributed by atoms with Crippen LogP contribution in [0.1, 0.15) is 30.9 Å². The minimum Gasteiger partial charge on any atom is -0.488 e. The van der Waals surface area contributed by atoms with E-state index < -0.39 is 0 Å². The van der Waals surface area contributed by atoms with E-state index in [-0.39, 0.29) is 0 Å². The third kappa shape index (κ3) is 4.47. The van der Waals surface area contributed by atoms with Crippen molar-refractivity contribution in [3.63, 3.8) is 0 Å². The lowest BCUT2D eigenvalue weighted by Gasteiger charge is -2.13. The molecule has 1 aliphatic heterocycles. The van der Waals surface area contributed by atoms with Crippen molar-refractivity contribution in [3.05, 3.63) is 60.6 Å². The lowest BCUT2D eigenvalue weighted by molar-refractivity contribution is 0.235. The summed E-state index contributed by atoms with van der Waals surface area (Å²) in [6.45, 7) is 3.53. The molecule has 0 bridgehead atoms. The van der Waals surface area contributed by atoms with Gasteiger partial charge < -0.3 is 14.0 Å². The number of benzene rings is 1. The molecule has 3 rings (SSSR count). The average Bonchev–Trinajstić information content (AvgIpc) is 3.12. The van der Waals surface area contributed by atoms with Crippen LogP contribution in [-0.2, 0) is 28.9 Å². The first-order chi connectivity index (χ1) is 11.8. The molecule has 0 fully saturated rings. The van der Waals surface area contributed by atoms with Gasteiger partial charge in [-0.15, -0.1) is 0 Å². The number of aryl methyl sites for hydroxylation is 3. The van der Waals surface area contributed by atoms with Gasteiger partial charge in [0, 0.05) is 18.9 Å². The van der Waals surface area contributed by atoms with Gasteiger partial charge in [0.15, 0.2) is 6.61 Å². The second kappa shape index (κ2) is 8.34. The minimum atomic E-state index is 0.377. The molecule has 0 unspecified atom stereocenters. The maximum Gasteiger partial charge on any atom is 0.232 e. The zero-order valence-corrected chi connectivity index (χ0v) is 14.0. The zero-order valence-electron chi connectivity index (χ0n) is 14.0. The van der Waals surface area contributed by atoms with Gasteiger partial charge in [0.05, 0.1) is 12.0 Å². The second-order valence-corrected chi connectivity index (χ2v) is 5.82. The third-order valence-corrected chi connectivity index (χ3v) is 3.91. The molecule has 24 heavy (non-hydrogen) atoms. The number of rotatable bonds is 7. The molecule has 126 valence electrons. The van der Waals surface area contributed by atoms with Crippen LogP contribution in [0.5, 0.6) is 0 Å². The van der Waals surface area contributed by atoms with Gasteiger partial charge in [0.25, 0.3) is 0 Å². The summed E-state index contributed by atoms with van der Waals surface area (Å²) in [5.41, 5.74) is 3.58. The van der Waals surface area contributed by atoms with Crippen molar-refractivity contribution in [3.8, 4) is 0 Å². The number of hydrogen-bond acceptors (Lipinski definition) is 4. The van der Waals surface area contributed by atoms with Crippen molar-refractivity contribution in [1.29, 1.82) is 0 Å². The number of nitrogens with zero attached hydrogens (tertiary/aromatic N) is 3. The maximum atomic E-state index is 5.41. The quantitative estimate of drug-likeness (QED) is 0.772. The van der Waals surface area contributed by atoms with E-state index in [1.54, 1.807) is 0 Å². The first-order valence-electron chi connectivity index (χ1n) is 8.43. The van der Waals surface area contributed by atoms with E-state index in [1.165, 1.54) is 23.7 Å². The Labute approximate surface area is 142 Å². The fourth-order valence-electron chi connectivity index (χ4n) is 2.76. The van der Waals surface area contributed by atoms with Gasteiger partial charge in [0.1, 0.15) is 12.5 Å². The Bertz CT molecular complexity index is 705. The van der Waals surface area contributed by atoms with Gasteiger partial charge in [-0.1, -0.05) is 25.5 Å². The van der Waals surface area contributed by atoms with Crippen LogP contribution in [0, 0.1) is 0 Å². The molecular weight excluding hydrogens is 302 g/mol. The number of ether oxygens (including phenoxy) is 2. The first kappa shape index (κ1) is 16.3. The van der Waals surface area contributed by atoms with E-state index in [9.17, 15) is 0 Å².